The summed E-state index contributed by atoms with van der Waals surface area (Å²) in [7, 11) is -3.99. The van der Waals surface area contributed by atoms with Crippen molar-refractivity contribution in [2.45, 2.75) is 6.61 Å². The van der Waals surface area contributed by atoms with Crippen LogP contribution in [-0.4, -0.2) is 8.42 Å². The van der Waals surface area contributed by atoms with E-state index in [1.807, 2.05) is 0 Å². The Morgan fingerprint density at radius 2 is 2.06 bits per heavy atom. The lowest BCUT2D eigenvalue weighted by molar-refractivity contribution is 0.308. The predicted molar refractivity (Wildman–Crippen MR) is 59.1 cm³/mol. The van der Waals surface area contributed by atoms with E-state index in [-0.39, 0.29) is 11.8 Å². The fraction of sp³-hybridized carbons (Fsp3) is 0.111. The van der Waals surface area contributed by atoms with Crippen molar-refractivity contribution in [1.82, 2.24) is 0 Å². The van der Waals surface area contributed by atoms with E-state index in [0.717, 1.165) is 0 Å². The van der Waals surface area contributed by atoms with Gasteiger partial charge in [0.25, 0.3) is 0 Å². The third kappa shape index (κ3) is 2.35. The lowest BCUT2D eigenvalue weighted by atomic mass is 10.2. The minimum absolute atomic E-state index is 0.102. The zero-order valence-electron chi connectivity index (χ0n) is 8.01. The van der Waals surface area contributed by atoms with Crippen LogP contribution in [-0.2, 0) is 21.1 Å². The minimum Gasteiger partial charge on any atom is -0.444 e. The quantitative estimate of drug-likeness (QED) is 0.913. The highest BCUT2D eigenvalue weighted by Gasteiger charge is 2.14. The van der Waals surface area contributed by atoms with E-state index in [4.69, 9.17) is 21.2 Å². The summed E-state index contributed by atoms with van der Waals surface area (Å²) in [6.45, 7) is -0.241. The molecule has 2 rings (SSSR count). The van der Waals surface area contributed by atoms with E-state index in [0.29, 0.717) is 16.5 Å². The second-order valence-electron chi connectivity index (χ2n) is 3.11. The molecule has 1 aromatic carbocycles. The highest BCUT2D eigenvalue weighted by atomic mass is 35.5. The zero-order valence-corrected chi connectivity index (χ0v) is 9.59. The first-order chi connectivity index (χ1) is 7.47. The van der Waals surface area contributed by atoms with E-state index in [1.54, 1.807) is 24.3 Å². The topological polar surface area (TPSA) is 82.5 Å². The van der Waals surface area contributed by atoms with Gasteiger partial charge in [-0.2, -0.15) is 8.42 Å². The van der Waals surface area contributed by atoms with Gasteiger partial charge in [0.05, 0.1) is 6.61 Å². The first-order valence-electron chi connectivity index (χ1n) is 4.30. The third-order valence-corrected chi connectivity index (χ3v) is 2.77. The van der Waals surface area contributed by atoms with Crippen LogP contribution in [0.4, 0.5) is 0 Å². The van der Waals surface area contributed by atoms with Gasteiger partial charge in [0.1, 0.15) is 5.58 Å². The maximum absolute atomic E-state index is 10.7. The van der Waals surface area contributed by atoms with Crippen LogP contribution < -0.4 is 5.14 Å². The molecule has 0 saturated carbocycles. The fourth-order valence-electron chi connectivity index (χ4n) is 1.34. The number of hydrogen-bond donors (Lipinski definition) is 1. The first kappa shape index (κ1) is 11.4. The molecule has 7 heteroatoms. The smallest absolute Gasteiger partial charge is 0.333 e. The van der Waals surface area contributed by atoms with Crippen LogP contribution in [0.1, 0.15) is 5.56 Å². The van der Waals surface area contributed by atoms with Gasteiger partial charge in [-0.05, 0) is 17.7 Å². The molecule has 0 bridgehead atoms. The molecule has 86 valence electrons. The summed E-state index contributed by atoms with van der Waals surface area (Å²) in [4.78, 5) is 0. The van der Waals surface area contributed by atoms with Gasteiger partial charge < -0.3 is 4.42 Å². The van der Waals surface area contributed by atoms with Crippen LogP contribution in [0.3, 0.4) is 0 Å². The highest BCUT2D eigenvalue weighted by Crippen LogP contribution is 2.30. The molecule has 0 spiro atoms. The molecule has 0 atom stereocenters. The van der Waals surface area contributed by atoms with Crippen molar-refractivity contribution in [3.05, 3.63) is 35.0 Å². The highest BCUT2D eigenvalue weighted by molar-refractivity contribution is 7.84. The number of benzene rings is 1. The number of hydrogen-bond acceptors (Lipinski definition) is 4. The molecule has 16 heavy (non-hydrogen) atoms. The summed E-state index contributed by atoms with van der Waals surface area (Å²) in [6, 6.07) is 7.05. The lowest BCUT2D eigenvalue weighted by Gasteiger charge is -1.99. The van der Waals surface area contributed by atoms with Gasteiger partial charge in [0.15, 0.2) is 5.22 Å². The van der Waals surface area contributed by atoms with Gasteiger partial charge in [-0.25, -0.2) is 5.14 Å². The van der Waals surface area contributed by atoms with Gasteiger partial charge in [0.2, 0.25) is 0 Å². The molecule has 1 aromatic heterocycles. The second-order valence-corrected chi connectivity index (χ2v) is 4.67. The van der Waals surface area contributed by atoms with Crippen molar-refractivity contribution in [2.24, 2.45) is 5.14 Å². The van der Waals surface area contributed by atoms with Crippen molar-refractivity contribution < 1.29 is 17.0 Å². The van der Waals surface area contributed by atoms with E-state index < -0.39 is 10.3 Å². The molecule has 0 aliphatic rings. The minimum atomic E-state index is -3.99. The van der Waals surface area contributed by atoms with Gasteiger partial charge in [-0.3, -0.25) is 4.18 Å². The Morgan fingerprint density at radius 3 is 2.75 bits per heavy atom. The molecule has 5 nitrogen and oxygen atoms in total. The molecule has 0 saturated heterocycles. The van der Waals surface area contributed by atoms with Crippen molar-refractivity contribution in [3.8, 4) is 0 Å². The molecule has 1 heterocycles. The van der Waals surface area contributed by atoms with Crippen molar-refractivity contribution in [3.63, 3.8) is 0 Å². The Kier molecular flexibility index (Phi) is 2.90. The molecule has 0 radical (unpaired) electrons. The summed E-state index contributed by atoms with van der Waals surface area (Å²) in [5.74, 6) is 0. The summed E-state index contributed by atoms with van der Waals surface area (Å²) in [5.41, 5.74) is 1.03. The number of halogens is 1. The van der Waals surface area contributed by atoms with Crippen LogP contribution in [0.2, 0.25) is 5.22 Å². The number of para-hydroxylation sites is 1. The Hall–Kier alpha value is -1.08. The molecule has 0 aliphatic heterocycles. The average molecular weight is 262 g/mol. The molecular weight excluding hydrogens is 254 g/mol. The van der Waals surface area contributed by atoms with Crippen molar-refractivity contribution in [2.75, 3.05) is 0 Å². The van der Waals surface area contributed by atoms with E-state index in [9.17, 15) is 8.42 Å². The third-order valence-electron chi connectivity index (χ3n) is 2.02. The predicted octanol–water partition coefficient (Wildman–Crippen LogP) is 1.81. The molecular formula is C9H8ClNO4S. The average Bonchev–Trinajstić information content (AvgIpc) is 2.49. The van der Waals surface area contributed by atoms with Crippen LogP contribution in [0.15, 0.2) is 28.7 Å². The standard InChI is InChI=1S/C9H8ClNO4S/c10-9-7(5-14-16(11,12)13)6-3-1-2-4-8(6)15-9/h1-4H,5H2,(H2,11,12,13). The van der Waals surface area contributed by atoms with Crippen LogP contribution >= 0.6 is 11.6 Å². The molecule has 0 aliphatic carbocycles. The lowest BCUT2D eigenvalue weighted by Crippen LogP contribution is -2.15. The first-order valence-corrected chi connectivity index (χ1v) is 6.15. The second kappa shape index (κ2) is 4.06. The summed E-state index contributed by atoms with van der Waals surface area (Å²) < 4.78 is 31.0. The monoisotopic (exact) mass is 261 g/mol. The van der Waals surface area contributed by atoms with Gasteiger partial charge in [-0.15, -0.1) is 0 Å². The normalized spacial score (nSPS) is 12.1. The molecule has 0 fully saturated rings. The van der Waals surface area contributed by atoms with Crippen LogP contribution in [0.5, 0.6) is 0 Å². The largest absolute Gasteiger partial charge is 0.444 e. The Bertz CT molecular complexity index is 619. The number of furan rings is 1. The SMILES string of the molecule is NS(=O)(=O)OCc1c(Cl)oc2ccccc12. The van der Waals surface area contributed by atoms with Crippen molar-refractivity contribution in [1.29, 1.82) is 0 Å². The van der Waals surface area contributed by atoms with E-state index in [1.165, 1.54) is 0 Å². The van der Waals surface area contributed by atoms with E-state index >= 15 is 0 Å². The van der Waals surface area contributed by atoms with Gasteiger partial charge in [0, 0.05) is 10.9 Å². The number of nitrogens with two attached hydrogens (primary N) is 1. The molecule has 2 aromatic rings. The van der Waals surface area contributed by atoms with Crippen LogP contribution in [0.25, 0.3) is 11.0 Å². The van der Waals surface area contributed by atoms with Gasteiger partial charge in [-0.1, -0.05) is 18.2 Å². The fourth-order valence-corrected chi connectivity index (χ4v) is 1.87. The maximum Gasteiger partial charge on any atom is 0.333 e. The summed E-state index contributed by atoms with van der Waals surface area (Å²) >= 11 is 5.81. The molecule has 0 unspecified atom stereocenters. The zero-order chi connectivity index (χ0) is 11.8. The van der Waals surface area contributed by atoms with Crippen LogP contribution in [0, 0.1) is 0 Å². The summed E-state index contributed by atoms with van der Waals surface area (Å²) in [5, 5.41) is 5.53. The number of fused-ring (bicyclic) bond motifs is 1. The Balaban J connectivity index is 2.40. The molecule has 0 amide bonds. The Labute approximate surface area is 97.0 Å². The number of rotatable bonds is 3. The van der Waals surface area contributed by atoms with E-state index in [2.05, 4.69) is 4.18 Å². The van der Waals surface area contributed by atoms with Gasteiger partial charge >= 0.3 is 10.3 Å². The molecule has 2 N–H and O–H groups in total. The summed E-state index contributed by atoms with van der Waals surface area (Å²) in [6.07, 6.45) is 0. The maximum atomic E-state index is 10.7. The van der Waals surface area contributed by atoms with Crippen molar-refractivity contribution >= 4 is 32.9 Å². The Morgan fingerprint density at radius 1 is 1.38 bits per heavy atom.